The number of nitrogens with zero attached hydrogens (tertiary/aromatic N) is 5. The Bertz CT molecular complexity index is 557. The minimum atomic E-state index is 0.464. The molecule has 0 bridgehead atoms. The Morgan fingerprint density at radius 3 is 2.74 bits per heavy atom. The van der Waals surface area contributed by atoms with E-state index in [-0.39, 0.29) is 0 Å². The molecule has 23 heavy (non-hydrogen) atoms. The van der Waals surface area contributed by atoms with Crippen molar-refractivity contribution in [2.75, 3.05) is 20.1 Å². The number of hydrogen-bond donors (Lipinski definition) is 1. The van der Waals surface area contributed by atoms with Crippen LogP contribution in [0.15, 0.2) is 4.99 Å². The number of aromatic nitrogens is 3. The molecule has 0 unspecified atom stereocenters. The summed E-state index contributed by atoms with van der Waals surface area (Å²) in [7, 11) is 1.87. The first-order chi connectivity index (χ1) is 11.2. The van der Waals surface area contributed by atoms with Gasteiger partial charge in [0.25, 0.3) is 0 Å². The van der Waals surface area contributed by atoms with Crippen molar-refractivity contribution >= 4 is 5.96 Å². The second-order valence-corrected chi connectivity index (χ2v) is 6.92. The Kier molecular flexibility index (Phi) is 4.87. The summed E-state index contributed by atoms with van der Waals surface area (Å²) in [5.74, 6) is 3.18. The smallest absolute Gasteiger partial charge is 0.194 e. The standard InChI is InChI=1S/C17H30N6/c1-4-17(5-2)9-11-22(13-17)16(18-3)19-12-15-21-20-14-8-6-7-10-23(14)15/h4-13H2,1-3H3,(H,18,19). The Labute approximate surface area is 139 Å². The molecule has 0 saturated carbocycles. The first-order valence-electron chi connectivity index (χ1n) is 9.08. The van der Waals surface area contributed by atoms with Crippen molar-refractivity contribution in [3.8, 4) is 0 Å². The van der Waals surface area contributed by atoms with E-state index >= 15 is 0 Å². The Morgan fingerprint density at radius 1 is 1.22 bits per heavy atom. The van der Waals surface area contributed by atoms with Crippen LogP contribution in [-0.2, 0) is 19.5 Å². The summed E-state index contributed by atoms with van der Waals surface area (Å²) in [5, 5.41) is 12.2. The molecule has 1 aromatic rings. The van der Waals surface area contributed by atoms with Crippen molar-refractivity contribution in [1.82, 2.24) is 25.0 Å². The fourth-order valence-electron chi connectivity index (χ4n) is 3.93. The van der Waals surface area contributed by atoms with E-state index in [1.165, 1.54) is 32.1 Å². The summed E-state index contributed by atoms with van der Waals surface area (Å²) >= 11 is 0. The van der Waals surface area contributed by atoms with Gasteiger partial charge >= 0.3 is 0 Å². The highest BCUT2D eigenvalue weighted by atomic mass is 15.3. The fourth-order valence-corrected chi connectivity index (χ4v) is 3.93. The SMILES string of the molecule is CCC1(CC)CCN(C(=NC)NCc2nnc3n2CCCC3)C1. The van der Waals surface area contributed by atoms with Crippen molar-refractivity contribution in [2.24, 2.45) is 10.4 Å². The summed E-state index contributed by atoms with van der Waals surface area (Å²) in [6.45, 7) is 8.59. The summed E-state index contributed by atoms with van der Waals surface area (Å²) in [6, 6.07) is 0. The van der Waals surface area contributed by atoms with Crippen LogP contribution in [0.2, 0.25) is 0 Å². The van der Waals surface area contributed by atoms with Gasteiger partial charge in [-0.15, -0.1) is 10.2 Å². The van der Waals surface area contributed by atoms with Gasteiger partial charge in [0.1, 0.15) is 5.82 Å². The van der Waals surface area contributed by atoms with E-state index in [9.17, 15) is 0 Å². The highest BCUT2D eigenvalue weighted by Crippen LogP contribution is 2.36. The lowest BCUT2D eigenvalue weighted by atomic mass is 9.82. The molecule has 3 rings (SSSR count). The van der Waals surface area contributed by atoms with E-state index in [1.54, 1.807) is 0 Å². The zero-order chi connectivity index (χ0) is 16.3. The zero-order valence-electron chi connectivity index (χ0n) is 14.8. The van der Waals surface area contributed by atoms with Gasteiger partial charge in [0.05, 0.1) is 6.54 Å². The molecule has 6 nitrogen and oxygen atoms in total. The first-order valence-corrected chi connectivity index (χ1v) is 9.08. The highest BCUT2D eigenvalue weighted by molar-refractivity contribution is 5.80. The zero-order valence-corrected chi connectivity index (χ0v) is 14.8. The van der Waals surface area contributed by atoms with Crippen LogP contribution < -0.4 is 5.32 Å². The number of aliphatic imine (C=N–C) groups is 1. The van der Waals surface area contributed by atoms with Crippen LogP contribution >= 0.6 is 0 Å². The third-order valence-electron chi connectivity index (χ3n) is 5.79. The van der Waals surface area contributed by atoms with Crippen LogP contribution in [0.3, 0.4) is 0 Å². The normalized spacial score (nSPS) is 20.7. The lowest BCUT2D eigenvalue weighted by Gasteiger charge is -2.28. The molecule has 6 heteroatoms. The van der Waals surface area contributed by atoms with Crippen LogP contribution in [0.25, 0.3) is 0 Å². The van der Waals surface area contributed by atoms with Gasteiger partial charge < -0.3 is 14.8 Å². The average Bonchev–Trinajstić information content (AvgIpc) is 3.21. The van der Waals surface area contributed by atoms with Crippen LogP contribution in [0.5, 0.6) is 0 Å². The molecule has 1 saturated heterocycles. The highest BCUT2D eigenvalue weighted by Gasteiger charge is 2.36. The topological polar surface area (TPSA) is 58.3 Å². The molecule has 0 amide bonds. The van der Waals surface area contributed by atoms with Crippen molar-refractivity contribution in [3.05, 3.63) is 11.6 Å². The van der Waals surface area contributed by atoms with Crippen molar-refractivity contribution < 1.29 is 0 Å². The van der Waals surface area contributed by atoms with Crippen LogP contribution in [0.1, 0.15) is 57.6 Å². The number of likely N-dealkylation sites (tertiary alicyclic amines) is 1. The van der Waals surface area contributed by atoms with Crippen LogP contribution in [0, 0.1) is 5.41 Å². The third-order valence-corrected chi connectivity index (χ3v) is 5.79. The fraction of sp³-hybridized carbons (Fsp3) is 0.824. The van der Waals surface area contributed by atoms with Gasteiger partial charge in [-0.2, -0.15) is 0 Å². The quantitative estimate of drug-likeness (QED) is 0.683. The largest absolute Gasteiger partial charge is 0.349 e. The van der Waals surface area contributed by atoms with Crippen molar-refractivity contribution in [2.45, 2.75) is 65.5 Å². The average molecular weight is 318 g/mol. The molecule has 0 aliphatic carbocycles. The van der Waals surface area contributed by atoms with Gasteiger partial charge in [-0.05, 0) is 37.5 Å². The Hall–Kier alpha value is -1.59. The van der Waals surface area contributed by atoms with Crippen LogP contribution in [0.4, 0.5) is 0 Å². The number of rotatable bonds is 4. The Balaban J connectivity index is 1.62. The van der Waals surface area contributed by atoms with Gasteiger partial charge in [0.15, 0.2) is 11.8 Å². The summed E-state index contributed by atoms with van der Waals surface area (Å²) in [4.78, 5) is 6.89. The molecular formula is C17H30N6. The van der Waals surface area contributed by atoms with E-state index in [0.717, 1.165) is 43.7 Å². The summed E-state index contributed by atoms with van der Waals surface area (Å²) in [5.41, 5.74) is 0.464. The predicted molar refractivity (Wildman–Crippen MR) is 92.4 cm³/mol. The molecule has 2 aliphatic rings. The van der Waals surface area contributed by atoms with Gasteiger partial charge in [-0.1, -0.05) is 13.8 Å². The van der Waals surface area contributed by atoms with E-state index in [0.29, 0.717) is 12.0 Å². The van der Waals surface area contributed by atoms with Gasteiger partial charge in [-0.25, -0.2) is 0 Å². The van der Waals surface area contributed by atoms with Crippen molar-refractivity contribution in [3.63, 3.8) is 0 Å². The molecule has 0 aromatic carbocycles. The molecule has 0 atom stereocenters. The van der Waals surface area contributed by atoms with Gasteiger partial charge in [0, 0.05) is 33.1 Å². The molecule has 1 aromatic heterocycles. The predicted octanol–water partition coefficient (Wildman–Crippen LogP) is 2.20. The summed E-state index contributed by atoms with van der Waals surface area (Å²) in [6.07, 6.45) is 7.28. The van der Waals surface area contributed by atoms with E-state index in [1.807, 2.05) is 7.05 Å². The maximum absolute atomic E-state index is 4.49. The van der Waals surface area contributed by atoms with Crippen LogP contribution in [-0.4, -0.2) is 45.8 Å². The van der Waals surface area contributed by atoms with Gasteiger partial charge in [0.2, 0.25) is 0 Å². The molecule has 3 heterocycles. The molecule has 1 fully saturated rings. The molecule has 2 aliphatic heterocycles. The lowest BCUT2D eigenvalue weighted by Crippen LogP contribution is -2.41. The van der Waals surface area contributed by atoms with E-state index in [2.05, 4.69) is 43.8 Å². The molecule has 128 valence electrons. The third kappa shape index (κ3) is 3.21. The lowest BCUT2D eigenvalue weighted by molar-refractivity contribution is 0.276. The number of nitrogens with one attached hydrogen (secondary N) is 1. The summed E-state index contributed by atoms with van der Waals surface area (Å²) < 4.78 is 2.27. The second kappa shape index (κ2) is 6.89. The molecule has 0 radical (unpaired) electrons. The Morgan fingerprint density at radius 2 is 2.04 bits per heavy atom. The minimum absolute atomic E-state index is 0.464. The molecule has 1 N–H and O–H groups in total. The number of fused-ring (bicyclic) bond motifs is 1. The van der Waals surface area contributed by atoms with E-state index in [4.69, 9.17) is 0 Å². The first kappa shape index (κ1) is 16.3. The molecule has 0 spiro atoms. The second-order valence-electron chi connectivity index (χ2n) is 6.92. The maximum Gasteiger partial charge on any atom is 0.194 e. The maximum atomic E-state index is 4.49. The number of guanidine groups is 1. The monoisotopic (exact) mass is 318 g/mol. The number of hydrogen-bond acceptors (Lipinski definition) is 3. The minimum Gasteiger partial charge on any atom is -0.349 e. The van der Waals surface area contributed by atoms with Gasteiger partial charge in [-0.3, -0.25) is 4.99 Å². The number of aryl methyl sites for hydroxylation is 1. The molecular weight excluding hydrogens is 288 g/mol. The van der Waals surface area contributed by atoms with E-state index < -0.39 is 0 Å². The van der Waals surface area contributed by atoms with Crippen molar-refractivity contribution in [1.29, 1.82) is 0 Å².